The molecular weight excluding hydrogens is 425 g/mol. The summed E-state index contributed by atoms with van der Waals surface area (Å²) in [6, 6.07) is 6.54. The van der Waals surface area contributed by atoms with E-state index in [1.807, 2.05) is 18.3 Å². The van der Waals surface area contributed by atoms with Crippen LogP contribution in [0, 0.1) is 6.92 Å². The molecule has 0 amide bonds. The fourth-order valence-corrected chi connectivity index (χ4v) is 5.28. The Labute approximate surface area is 192 Å². The van der Waals surface area contributed by atoms with Gasteiger partial charge in [0.1, 0.15) is 5.54 Å². The number of fused-ring (bicyclic) bond motifs is 1. The van der Waals surface area contributed by atoms with Crippen molar-refractivity contribution in [1.29, 1.82) is 0 Å². The number of hydrogen-bond donors (Lipinski definition) is 1. The highest BCUT2D eigenvalue weighted by Crippen LogP contribution is 2.49. The third-order valence-electron chi connectivity index (χ3n) is 7.26. The summed E-state index contributed by atoms with van der Waals surface area (Å²) in [5, 5.41) is 2.72. The molecule has 0 spiro atoms. The quantitative estimate of drug-likeness (QED) is 0.432. The normalized spacial score (nSPS) is 18.3. The number of nitrogens with one attached hydrogen (secondary N) is 1. The van der Waals surface area contributed by atoms with Crippen LogP contribution in [0.3, 0.4) is 0 Å². The van der Waals surface area contributed by atoms with Gasteiger partial charge in [-0.05, 0) is 62.3 Å². The van der Waals surface area contributed by atoms with E-state index in [2.05, 4.69) is 29.8 Å². The molecule has 0 atom stereocenters. The first kappa shape index (κ1) is 22.4. The molecule has 0 radical (unpaired) electrons. The van der Waals surface area contributed by atoms with E-state index in [-0.39, 0.29) is 19.4 Å². The molecule has 0 aromatic carbocycles. The van der Waals surface area contributed by atoms with Crippen molar-refractivity contribution in [3.63, 3.8) is 0 Å². The maximum atomic E-state index is 13.2. The number of alkyl halides is 3. The summed E-state index contributed by atoms with van der Waals surface area (Å²) in [4.78, 5) is 9.57. The molecular formula is C26H31F3N4. The summed E-state index contributed by atoms with van der Waals surface area (Å²) < 4.78 is 42.2. The lowest BCUT2D eigenvalue weighted by Gasteiger charge is -2.21. The highest BCUT2D eigenvalue weighted by molar-refractivity contribution is 5.88. The van der Waals surface area contributed by atoms with Crippen molar-refractivity contribution < 1.29 is 13.2 Å². The Bertz CT molecular complexity index is 1140. The van der Waals surface area contributed by atoms with Gasteiger partial charge in [-0.1, -0.05) is 32.3 Å². The van der Waals surface area contributed by atoms with Gasteiger partial charge < -0.3 is 4.57 Å². The van der Waals surface area contributed by atoms with Crippen LogP contribution in [0.2, 0.25) is 0 Å². The summed E-state index contributed by atoms with van der Waals surface area (Å²) in [7, 11) is 0. The van der Waals surface area contributed by atoms with Crippen molar-refractivity contribution in [2.45, 2.75) is 89.5 Å². The summed E-state index contributed by atoms with van der Waals surface area (Å²) in [6.07, 6.45) is 6.43. The molecule has 2 fully saturated rings. The summed E-state index contributed by atoms with van der Waals surface area (Å²) in [5.41, 5.74) is 5.66. The van der Waals surface area contributed by atoms with Crippen LogP contribution in [0.5, 0.6) is 0 Å². The van der Waals surface area contributed by atoms with E-state index in [9.17, 15) is 13.2 Å². The van der Waals surface area contributed by atoms with Gasteiger partial charge in [-0.2, -0.15) is 13.2 Å². The largest absolute Gasteiger partial charge is 0.406 e. The first-order chi connectivity index (χ1) is 15.8. The Kier molecular flexibility index (Phi) is 5.71. The van der Waals surface area contributed by atoms with Gasteiger partial charge in [-0.25, -0.2) is 0 Å². The first-order valence-corrected chi connectivity index (χ1v) is 12.1. The van der Waals surface area contributed by atoms with E-state index < -0.39 is 11.7 Å². The average Bonchev–Trinajstić information content (AvgIpc) is 3.29. The molecule has 2 aliphatic rings. The Morgan fingerprint density at radius 2 is 1.88 bits per heavy atom. The average molecular weight is 457 g/mol. The minimum atomic E-state index is -4.21. The van der Waals surface area contributed by atoms with Gasteiger partial charge in [0.05, 0.1) is 22.4 Å². The minimum Gasteiger partial charge on any atom is -0.335 e. The van der Waals surface area contributed by atoms with Crippen LogP contribution in [-0.2, 0) is 13.0 Å². The molecule has 7 heteroatoms. The highest BCUT2D eigenvalue weighted by atomic mass is 19.4. The predicted molar refractivity (Wildman–Crippen MR) is 124 cm³/mol. The van der Waals surface area contributed by atoms with Crippen LogP contribution in [-0.4, -0.2) is 26.3 Å². The Hall–Kier alpha value is -2.41. The maximum Gasteiger partial charge on any atom is 0.406 e. The topological polar surface area (TPSA) is 42.7 Å². The van der Waals surface area contributed by atoms with E-state index in [0.29, 0.717) is 6.04 Å². The van der Waals surface area contributed by atoms with Crippen molar-refractivity contribution in [2.24, 2.45) is 0 Å². The monoisotopic (exact) mass is 456 g/mol. The molecule has 2 saturated carbocycles. The molecule has 3 aromatic rings. The van der Waals surface area contributed by atoms with E-state index in [0.717, 1.165) is 53.7 Å². The second-order valence-corrected chi connectivity index (χ2v) is 9.75. The van der Waals surface area contributed by atoms with Gasteiger partial charge in [0.15, 0.2) is 0 Å². The van der Waals surface area contributed by atoms with Gasteiger partial charge >= 0.3 is 6.18 Å². The standard InChI is InChI=1S/C26H31F3N4/c1-3-6-20-23-22(13-17(2)14-31-23)33(19-7-4-5-8-19)24(20)21-10-9-18(15-30-21)16-32-25(11-12-25)26(27,28)29/h9-10,13-15,19,32H,3-8,11-12,16H2,1-2H3. The zero-order valence-electron chi connectivity index (χ0n) is 19.3. The lowest BCUT2D eigenvalue weighted by Crippen LogP contribution is -2.44. The Balaban J connectivity index is 1.52. The van der Waals surface area contributed by atoms with E-state index >= 15 is 0 Å². The van der Waals surface area contributed by atoms with Crippen molar-refractivity contribution in [3.05, 3.63) is 47.3 Å². The van der Waals surface area contributed by atoms with Gasteiger partial charge in [0.25, 0.3) is 0 Å². The molecule has 0 saturated heterocycles. The van der Waals surface area contributed by atoms with Gasteiger partial charge in [0, 0.05) is 30.5 Å². The lowest BCUT2D eigenvalue weighted by molar-refractivity contribution is -0.166. The number of aromatic nitrogens is 3. The Morgan fingerprint density at radius 3 is 2.48 bits per heavy atom. The third-order valence-corrected chi connectivity index (χ3v) is 7.26. The zero-order chi connectivity index (χ0) is 23.2. The number of pyridine rings is 2. The molecule has 0 unspecified atom stereocenters. The van der Waals surface area contributed by atoms with Crippen LogP contribution in [0.1, 0.15) is 74.6 Å². The fraction of sp³-hybridized carbons (Fsp3) is 0.538. The van der Waals surface area contributed by atoms with Crippen molar-refractivity contribution >= 4 is 11.0 Å². The van der Waals surface area contributed by atoms with Crippen LogP contribution < -0.4 is 5.32 Å². The maximum absolute atomic E-state index is 13.2. The lowest BCUT2D eigenvalue weighted by atomic mass is 10.1. The predicted octanol–water partition coefficient (Wildman–Crippen LogP) is 6.66. The van der Waals surface area contributed by atoms with Crippen LogP contribution in [0.4, 0.5) is 13.2 Å². The zero-order valence-corrected chi connectivity index (χ0v) is 19.3. The van der Waals surface area contributed by atoms with Crippen molar-refractivity contribution in [2.75, 3.05) is 0 Å². The molecule has 3 aromatic heterocycles. The van der Waals surface area contributed by atoms with Crippen LogP contribution in [0.25, 0.3) is 22.4 Å². The summed E-state index contributed by atoms with van der Waals surface area (Å²) in [6.45, 7) is 4.42. The molecule has 33 heavy (non-hydrogen) atoms. The number of rotatable bonds is 7. The second-order valence-electron chi connectivity index (χ2n) is 9.75. The Morgan fingerprint density at radius 1 is 1.12 bits per heavy atom. The third kappa shape index (κ3) is 4.05. The SMILES string of the molecule is CCCc1c(-c2ccc(CNC3(C(F)(F)F)CC3)cn2)n(C2CCCC2)c2cc(C)cnc12. The van der Waals surface area contributed by atoms with Crippen molar-refractivity contribution in [1.82, 2.24) is 19.9 Å². The van der Waals surface area contributed by atoms with E-state index in [1.54, 1.807) is 6.20 Å². The van der Waals surface area contributed by atoms with Crippen LogP contribution in [0.15, 0.2) is 30.6 Å². The van der Waals surface area contributed by atoms with E-state index in [1.165, 1.54) is 23.9 Å². The number of nitrogens with zero attached hydrogens (tertiary/aromatic N) is 3. The number of hydrogen-bond acceptors (Lipinski definition) is 3. The molecule has 3 heterocycles. The minimum absolute atomic E-state index is 0.149. The highest BCUT2D eigenvalue weighted by Gasteiger charge is 2.62. The molecule has 4 nitrogen and oxygen atoms in total. The summed E-state index contributed by atoms with van der Waals surface area (Å²) in [5.74, 6) is 0. The smallest absolute Gasteiger partial charge is 0.335 e. The molecule has 0 bridgehead atoms. The molecule has 2 aliphatic carbocycles. The van der Waals surface area contributed by atoms with Crippen molar-refractivity contribution in [3.8, 4) is 11.4 Å². The molecule has 1 N–H and O–H groups in total. The van der Waals surface area contributed by atoms with Crippen LogP contribution >= 0.6 is 0 Å². The first-order valence-electron chi connectivity index (χ1n) is 12.1. The molecule has 176 valence electrons. The fourth-order valence-electron chi connectivity index (χ4n) is 5.28. The summed E-state index contributed by atoms with van der Waals surface area (Å²) >= 11 is 0. The number of aryl methyl sites for hydroxylation is 2. The molecule has 0 aliphatic heterocycles. The van der Waals surface area contributed by atoms with Gasteiger partial charge in [-0.3, -0.25) is 15.3 Å². The van der Waals surface area contributed by atoms with Gasteiger partial charge in [-0.15, -0.1) is 0 Å². The number of halogens is 3. The van der Waals surface area contributed by atoms with E-state index in [4.69, 9.17) is 9.97 Å². The molecule has 5 rings (SSSR count). The van der Waals surface area contributed by atoms with Gasteiger partial charge in [0.2, 0.25) is 0 Å². The second kappa shape index (κ2) is 8.42.